The van der Waals surface area contributed by atoms with Crippen molar-refractivity contribution in [1.29, 1.82) is 0 Å². The molecule has 0 radical (unpaired) electrons. The minimum Gasteiger partial charge on any atom is -0.478 e. The van der Waals surface area contributed by atoms with Crippen molar-refractivity contribution in [3.8, 4) is 5.88 Å². The Bertz CT molecular complexity index is 904. The molecule has 1 aliphatic rings. The fourth-order valence-electron chi connectivity index (χ4n) is 2.73. The molecule has 0 unspecified atom stereocenters. The molecular formula is C18H16N4O. The van der Waals surface area contributed by atoms with Gasteiger partial charge in [0.1, 0.15) is 5.69 Å². The van der Waals surface area contributed by atoms with Gasteiger partial charge >= 0.3 is 0 Å². The van der Waals surface area contributed by atoms with Gasteiger partial charge in [-0.2, -0.15) is 0 Å². The zero-order valence-corrected chi connectivity index (χ0v) is 12.8. The van der Waals surface area contributed by atoms with E-state index in [-0.39, 0.29) is 0 Å². The van der Waals surface area contributed by atoms with Crippen molar-refractivity contribution >= 4 is 22.3 Å². The molecule has 0 fully saturated rings. The van der Waals surface area contributed by atoms with E-state index in [1.54, 1.807) is 12.4 Å². The molecular weight excluding hydrogens is 288 g/mol. The van der Waals surface area contributed by atoms with Gasteiger partial charge in [-0.25, -0.2) is 4.98 Å². The van der Waals surface area contributed by atoms with Gasteiger partial charge in [0, 0.05) is 29.0 Å². The quantitative estimate of drug-likeness (QED) is 0.805. The van der Waals surface area contributed by atoms with E-state index in [1.807, 2.05) is 31.2 Å². The maximum absolute atomic E-state index is 5.57. The average Bonchev–Trinajstić information content (AvgIpc) is 2.98. The van der Waals surface area contributed by atoms with Gasteiger partial charge in [-0.05, 0) is 42.6 Å². The minimum absolute atomic E-state index is 0.603. The number of aromatic nitrogens is 2. The number of benzene rings is 1. The van der Waals surface area contributed by atoms with Crippen LogP contribution in [0.15, 0.2) is 53.8 Å². The second kappa shape index (κ2) is 5.68. The summed E-state index contributed by atoms with van der Waals surface area (Å²) in [4.78, 5) is 13.2. The average molecular weight is 304 g/mol. The molecule has 0 spiro atoms. The Morgan fingerprint density at radius 3 is 3.00 bits per heavy atom. The first-order valence-corrected chi connectivity index (χ1v) is 7.62. The van der Waals surface area contributed by atoms with Gasteiger partial charge in [0.2, 0.25) is 5.88 Å². The van der Waals surface area contributed by atoms with Crippen LogP contribution >= 0.6 is 0 Å². The van der Waals surface area contributed by atoms with Crippen molar-refractivity contribution in [2.24, 2.45) is 4.99 Å². The molecule has 3 aromatic rings. The number of fused-ring (bicyclic) bond motifs is 2. The normalized spacial score (nSPS) is 12.8. The molecule has 5 heteroatoms. The third-order valence-corrected chi connectivity index (χ3v) is 3.79. The minimum atomic E-state index is 0.603. The highest BCUT2D eigenvalue weighted by Crippen LogP contribution is 2.27. The second-order valence-electron chi connectivity index (χ2n) is 5.29. The highest BCUT2D eigenvalue weighted by atomic mass is 16.5. The Hall–Kier alpha value is -2.95. The van der Waals surface area contributed by atoms with Gasteiger partial charge in [-0.3, -0.25) is 9.98 Å². The maximum atomic E-state index is 5.57. The van der Waals surface area contributed by atoms with Crippen LogP contribution in [-0.4, -0.2) is 22.4 Å². The lowest BCUT2D eigenvalue weighted by Crippen LogP contribution is -2.13. The number of nitrogens with one attached hydrogen (secondary N) is 1. The molecule has 3 heterocycles. The van der Waals surface area contributed by atoms with E-state index >= 15 is 0 Å². The van der Waals surface area contributed by atoms with Gasteiger partial charge in [-0.15, -0.1) is 0 Å². The molecule has 1 aromatic carbocycles. The summed E-state index contributed by atoms with van der Waals surface area (Å²) in [5.41, 5.74) is 3.05. The van der Waals surface area contributed by atoms with Crippen molar-refractivity contribution in [2.45, 2.75) is 13.5 Å². The third-order valence-electron chi connectivity index (χ3n) is 3.79. The summed E-state index contributed by atoms with van der Waals surface area (Å²) in [5.74, 6) is 1.49. The molecule has 0 saturated carbocycles. The molecule has 2 aromatic heterocycles. The number of ether oxygens (including phenoxy) is 1. The first kappa shape index (κ1) is 13.7. The standard InChI is InChI=1S/C18H16N4O/c1-2-23-18-15-6-5-14(10-12(15)7-9-20-18)22-17-16-13(11-21-17)4-3-8-19-16/h3-10H,2,11H2,1H3,(H,21,22). The molecule has 1 aliphatic heterocycles. The number of pyridine rings is 2. The molecule has 114 valence electrons. The van der Waals surface area contributed by atoms with Crippen molar-refractivity contribution in [3.05, 3.63) is 60.0 Å². The largest absolute Gasteiger partial charge is 0.478 e. The maximum Gasteiger partial charge on any atom is 0.221 e. The highest BCUT2D eigenvalue weighted by Gasteiger charge is 2.16. The van der Waals surface area contributed by atoms with Crippen LogP contribution in [0.4, 0.5) is 5.69 Å². The molecule has 0 bridgehead atoms. The highest BCUT2D eigenvalue weighted by molar-refractivity contribution is 6.10. The Kier molecular flexibility index (Phi) is 3.38. The lowest BCUT2D eigenvalue weighted by molar-refractivity contribution is 0.331. The van der Waals surface area contributed by atoms with Crippen molar-refractivity contribution in [3.63, 3.8) is 0 Å². The van der Waals surface area contributed by atoms with E-state index in [1.165, 1.54) is 0 Å². The van der Waals surface area contributed by atoms with E-state index in [0.717, 1.165) is 33.6 Å². The Balaban J connectivity index is 1.66. The van der Waals surface area contributed by atoms with Crippen molar-refractivity contribution in [1.82, 2.24) is 9.97 Å². The topological polar surface area (TPSA) is 59.4 Å². The van der Waals surface area contributed by atoms with Gasteiger partial charge in [-0.1, -0.05) is 6.07 Å². The van der Waals surface area contributed by atoms with Crippen molar-refractivity contribution < 1.29 is 4.74 Å². The molecule has 0 saturated heterocycles. The number of nitrogens with zero attached hydrogens (tertiary/aromatic N) is 3. The fourth-order valence-corrected chi connectivity index (χ4v) is 2.73. The lowest BCUT2D eigenvalue weighted by atomic mass is 10.1. The first-order chi connectivity index (χ1) is 11.3. The molecule has 5 nitrogen and oxygen atoms in total. The zero-order chi connectivity index (χ0) is 15.6. The number of rotatable bonds is 3. The van der Waals surface area contributed by atoms with Gasteiger partial charge < -0.3 is 10.1 Å². The zero-order valence-electron chi connectivity index (χ0n) is 12.8. The molecule has 0 amide bonds. The Labute approximate surface area is 134 Å². The SMILES string of the molecule is CCOc1nccc2cc(NC3=NCc4cccnc43)ccc12. The van der Waals surface area contributed by atoms with Gasteiger partial charge in [0.15, 0.2) is 5.84 Å². The van der Waals surface area contributed by atoms with Crippen LogP contribution in [0.5, 0.6) is 5.88 Å². The van der Waals surface area contributed by atoms with E-state index in [9.17, 15) is 0 Å². The molecule has 0 aliphatic carbocycles. The number of anilines is 1. The summed E-state index contributed by atoms with van der Waals surface area (Å²) in [5, 5.41) is 5.45. The van der Waals surface area contributed by atoms with Crippen LogP contribution in [0.1, 0.15) is 18.2 Å². The van der Waals surface area contributed by atoms with Crippen LogP contribution in [0.25, 0.3) is 10.8 Å². The summed E-state index contributed by atoms with van der Waals surface area (Å²) < 4.78 is 5.57. The molecule has 23 heavy (non-hydrogen) atoms. The van der Waals surface area contributed by atoms with E-state index in [2.05, 4.69) is 32.4 Å². The van der Waals surface area contributed by atoms with Crippen molar-refractivity contribution in [2.75, 3.05) is 11.9 Å². The van der Waals surface area contributed by atoms with Gasteiger partial charge in [0.25, 0.3) is 0 Å². The summed E-state index contributed by atoms with van der Waals surface area (Å²) in [6.45, 7) is 3.24. The van der Waals surface area contributed by atoms with Gasteiger partial charge in [0.05, 0.1) is 13.2 Å². The predicted molar refractivity (Wildman–Crippen MR) is 91.0 cm³/mol. The number of amidine groups is 1. The Morgan fingerprint density at radius 2 is 2.09 bits per heavy atom. The van der Waals surface area contributed by atoms with Crippen LogP contribution in [-0.2, 0) is 6.54 Å². The smallest absolute Gasteiger partial charge is 0.221 e. The second-order valence-corrected chi connectivity index (χ2v) is 5.29. The monoisotopic (exact) mass is 304 g/mol. The van der Waals surface area contributed by atoms with E-state index in [4.69, 9.17) is 4.74 Å². The first-order valence-electron chi connectivity index (χ1n) is 7.62. The molecule has 4 rings (SSSR count). The van der Waals surface area contributed by atoms with Crippen LogP contribution in [0, 0.1) is 0 Å². The summed E-state index contributed by atoms with van der Waals surface area (Å²) in [7, 11) is 0. The summed E-state index contributed by atoms with van der Waals surface area (Å²) in [6, 6.07) is 12.1. The number of hydrogen-bond acceptors (Lipinski definition) is 5. The predicted octanol–water partition coefficient (Wildman–Crippen LogP) is 3.40. The summed E-state index contributed by atoms with van der Waals surface area (Å²) >= 11 is 0. The number of aliphatic imine (C=N–C) groups is 1. The van der Waals surface area contributed by atoms with Crippen LogP contribution in [0.2, 0.25) is 0 Å². The van der Waals surface area contributed by atoms with E-state index in [0.29, 0.717) is 19.0 Å². The fraction of sp³-hybridized carbons (Fsp3) is 0.167. The van der Waals surface area contributed by atoms with E-state index < -0.39 is 0 Å². The summed E-state index contributed by atoms with van der Waals surface area (Å²) in [6.07, 6.45) is 3.56. The number of hydrogen-bond donors (Lipinski definition) is 1. The third kappa shape index (κ3) is 2.50. The lowest BCUT2D eigenvalue weighted by Gasteiger charge is -2.10. The molecule has 1 N–H and O–H groups in total. The van der Waals surface area contributed by atoms with Crippen LogP contribution in [0.3, 0.4) is 0 Å². The van der Waals surface area contributed by atoms with Crippen LogP contribution < -0.4 is 10.1 Å². The Morgan fingerprint density at radius 1 is 1.13 bits per heavy atom. The molecule has 0 atom stereocenters.